The van der Waals surface area contributed by atoms with Crippen LogP contribution < -0.4 is 27.5 Å². The molecule has 2 atom stereocenters. The molecule has 0 spiro atoms. The third-order valence-corrected chi connectivity index (χ3v) is 5.78. The van der Waals surface area contributed by atoms with Crippen molar-refractivity contribution >= 4 is 27.6 Å². The molecule has 2 rings (SSSR count). The van der Waals surface area contributed by atoms with E-state index in [2.05, 4.69) is 5.16 Å². The summed E-state index contributed by atoms with van der Waals surface area (Å²) in [5, 5.41) is 3.32. The van der Waals surface area contributed by atoms with Crippen LogP contribution in [0.25, 0.3) is 0 Å². The molecule has 15 heteroatoms. The molecule has 0 fully saturated rings. The van der Waals surface area contributed by atoms with Crippen LogP contribution in [-0.4, -0.2) is 31.0 Å². The van der Waals surface area contributed by atoms with Gasteiger partial charge in [-0.05, 0) is 42.8 Å². The first-order chi connectivity index (χ1) is 15.6. The number of benzene rings is 1. The van der Waals surface area contributed by atoms with Crippen molar-refractivity contribution < 1.29 is 31.2 Å². The van der Waals surface area contributed by atoms with Crippen molar-refractivity contribution in [2.24, 2.45) is 22.4 Å². The van der Waals surface area contributed by atoms with E-state index >= 15 is 0 Å². The van der Waals surface area contributed by atoms with Gasteiger partial charge in [0.15, 0.2) is 12.1 Å². The van der Waals surface area contributed by atoms with Crippen LogP contribution >= 0.6 is 0 Å². The number of primary amides is 1. The SMILES string of the molecule is Cc1ccc(NS(=O)(=O)Cc2cccc(C(F)(F)F)c2)c(=O)n1C(C(N)=O)C(C)ON=C(N)N. The largest absolute Gasteiger partial charge is 0.416 e. The molecule has 1 aromatic heterocycles. The van der Waals surface area contributed by atoms with E-state index in [-0.39, 0.29) is 11.3 Å². The number of aromatic nitrogens is 1. The molecule has 0 aliphatic rings. The number of nitrogens with two attached hydrogens (primary N) is 3. The lowest BCUT2D eigenvalue weighted by Gasteiger charge is -2.24. The Morgan fingerprint density at radius 1 is 1.21 bits per heavy atom. The molecule has 1 heterocycles. The highest BCUT2D eigenvalue weighted by Gasteiger charge is 2.32. The van der Waals surface area contributed by atoms with E-state index in [4.69, 9.17) is 22.0 Å². The van der Waals surface area contributed by atoms with E-state index in [1.54, 1.807) is 0 Å². The van der Waals surface area contributed by atoms with E-state index in [0.29, 0.717) is 6.07 Å². The van der Waals surface area contributed by atoms with Gasteiger partial charge in [0, 0.05) is 5.69 Å². The minimum atomic E-state index is -4.65. The summed E-state index contributed by atoms with van der Waals surface area (Å²) in [4.78, 5) is 30.1. The van der Waals surface area contributed by atoms with Crippen molar-refractivity contribution in [3.05, 3.63) is 63.6 Å². The van der Waals surface area contributed by atoms with Crippen LogP contribution in [0.15, 0.2) is 46.3 Å². The molecule has 0 saturated heterocycles. The normalized spacial score (nSPS) is 13.6. The molecule has 0 radical (unpaired) electrons. The molecule has 7 N–H and O–H groups in total. The first-order valence-corrected chi connectivity index (χ1v) is 11.2. The Bertz CT molecular complexity index is 1260. The Morgan fingerprint density at radius 2 is 1.85 bits per heavy atom. The lowest BCUT2D eigenvalue weighted by Crippen LogP contribution is -2.42. The van der Waals surface area contributed by atoms with Gasteiger partial charge in [-0.2, -0.15) is 13.2 Å². The number of alkyl halides is 3. The van der Waals surface area contributed by atoms with Crippen molar-refractivity contribution in [1.82, 2.24) is 4.57 Å². The molecule has 0 bridgehead atoms. The first kappa shape index (κ1) is 26.5. The van der Waals surface area contributed by atoms with Crippen molar-refractivity contribution in [2.45, 2.75) is 37.9 Å². The van der Waals surface area contributed by atoms with E-state index in [0.717, 1.165) is 22.8 Å². The highest BCUT2D eigenvalue weighted by molar-refractivity contribution is 7.91. The number of hydrogen-bond donors (Lipinski definition) is 4. The minimum absolute atomic E-state index is 0.149. The second-order valence-electron chi connectivity index (χ2n) is 7.30. The lowest BCUT2D eigenvalue weighted by molar-refractivity contribution is -0.137. The van der Waals surface area contributed by atoms with Gasteiger partial charge >= 0.3 is 6.18 Å². The zero-order chi connectivity index (χ0) is 25.8. The summed E-state index contributed by atoms with van der Waals surface area (Å²) in [6, 6.07) is 4.83. The number of nitrogens with zero attached hydrogens (tertiary/aromatic N) is 2. The number of halogens is 3. The minimum Gasteiger partial charge on any atom is -0.387 e. The molecule has 0 saturated carbocycles. The average molecular weight is 504 g/mol. The number of aryl methyl sites for hydroxylation is 1. The standard InChI is InChI=1S/C19H23F3N6O5S/c1-10-6-7-14(17(30)28(10)15(16(23)29)11(2)33-26-18(24)25)27-34(31,32)9-12-4-3-5-13(8-12)19(20,21)22/h3-8,11,15,27H,9H2,1-2H3,(H2,23,29)(H4,24,25,26). The fraction of sp³-hybridized carbons (Fsp3) is 0.316. The van der Waals surface area contributed by atoms with Gasteiger partial charge in [-0.3, -0.25) is 18.9 Å². The second kappa shape index (κ2) is 10.0. The molecular weight excluding hydrogens is 481 g/mol. The van der Waals surface area contributed by atoms with Gasteiger partial charge in [0.05, 0.1) is 11.3 Å². The number of sulfonamides is 1. The van der Waals surface area contributed by atoms with Crippen LogP contribution in [0.1, 0.15) is 29.8 Å². The van der Waals surface area contributed by atoms with Crippen LogP contribution in [0.5, 0.6) is 0 Å². The van der Waals surface area contributed by atoms with Crippen molar-refractivity contribution in [2.75, 3.05) is 4.72 Å². The van der Waals surface area contributed by atoms with Gasteiger partial charge in [-0.25, -0.2) is 8.42 Å². The number of guanidine groups is 1. The number of rotatable bonds is 9. The number of nitrogens with one attached hydrogen (secondary N) is 1. The Hall–Kier alpha value is -3.75. The summed E-state index contributed by atoms with van der Waals surface area (Å²) in [6.07, 6.45) is -5.79. The highest BCUT2D eigenvalue weighted by atomic mass is 32.2. The third-order valence-electron chi connectivity index (χ3n) is 4.54. The molecular formula is C19H23F3N6O5S. The maximum Gasteiger partial charge on any atom is 0.416 e. The maximum atomic E-state index is 13.0. The zero-order valence-electron chi connectivity index (χ0n) is 18.0. The van der Waals surface area contributed by atoms with Crippen LogP contribution in [0.4, 0.5) is 18.9 Å². The van der Waals surface area contributed by atoms with E-state index in [1.165, 1.54) is 26.0 Å². The topological polar surface area (TPSA) is 185 Å². The van der Waals surface area contributed by atoms with E-state index in [9.17, 15) is 31.2 Å². The predicted octanol–water partition coefficient (Wildman–Crippen LogP) is 0.737. The summed E-state index contributed by atoms with van der Waals surface area (Å²) < 4.78 is 66.9. The van der Waals surface area contributed by atoms with Gasteiger partial charge < -0.3 is 22.0 Å². The lowest BCUT2D eigenvalue weighted by atomic mass is 10.1. The van der Waals surface area contributed by atoms with E-state index in [1.807, 2.05) is 4.72 Å². The fourth-order valence-electron chi connectivity index (χ4n) is 3.10. The zero-order valence-corrected chi connectivity index (χ0v) is 18.9. The number of carbonyl (C=O) groups excluding carboxylic acids is 1. The predicted molar refractivity (Wildman–Crippen MR) is 118 cm³/mol. The highest BCUT2D eigenvalue weighted by Crippen LogP contribution is 2.30. The summed E-state index contributed by atoms with van der Waals surface area (Å²) >= 11 is 0. The van der Waals surface area contributed by atoms with Crippen molar-refractivity contribution in [1.29, 1.82) is 0 Å². The maximum absolute atomic E-state index is 13.0. The summed E-state index contributed by atoms with van der Waals surface area (Å²) in [7, 11) is -4.32. The smallest absolute Gasteiger partial charge is 0.387 e. The Kier molecular flexibility index (Phi) is 7.82. The molecule has 0 aliphatic carbocycles. The molecule has 2 unspecified atom stereocenters. The molecule has 1 aromatic carbocycles. The Labute approximate surface area is 192 Å². The van der Waals surface area contributed by atoms with Gasteiger partial charge in [0.2, 0.25) is 21.9 Å². The van der Waals surface area contributed by atoms with Crippen molar-refractivity contribution in [3.63, 3.8) is 0 Å². The molecule has 11 nitrogen and oxygen atoms in total. The number of carbonyl (C=O) groups is 1. The van der Waals surface area contributed by atoms with Gasteiger partial charge in [-0.1, -0.05) is 18.2 Å². The van der Waals surface area contributed by atoms with Crippen LogP contribution in [0.2, 0.25) is 0 Å². The van der Waals surface area contributed by atoms with Crippen molar-refractivity contribution in [3.8, 4) is 0 Å². The summed E-state index contributed by atoms with van der Waals surface area (Å²) in [6.45, 7) is 2.82. The molecule has 186 valence electrons. The fourth-order valence-corrected chi connectivity index (χ4v) is 4.28. The average Bonchev–Trinajstić information content (AvgIpc) is 2.70. The Morgan fingerprint density at radius 3 is 2.41 bits per heavy atom. The van der Waals surface area contributed by atoms with Crippen LogP contribution in [0.3, 0.4) is 0 Å². The molecule has 34 heavy (non-hydrogen) atoms. The first-order valence-electron chi connectivity index (χ1n) is 9.55. The summed E-state index contributed by atoms with van der Waals surface area (Å²) in [5.41, 5.74) is 13.4. The quantitative estimate of drug-likeness (QED) is 0.220. The number of oxime groups is 1. The number of amides is 1. The van der Waals surface area contributed by atoms with Crippen LogP contribution in [0, 0.1) is 6.92 Å². The monoisotopic (exact) mass is 504 g/mol. The number of hydrogen-bond acceptors (Lipinski definition) is 6. The number of pyridine rings is 1. The Balaban J connectivity index is 2.41. The van der Waals surface area contributed by atoms with E-state index < -0.39 is 62.8 Å². The molecule has 1 amide bonds. The molecule has 0 aliphatic heterocycles. The summed E-state index contributed by atoms with van der Waals surface area (Å²) in [5.74, 6) is -2.28. The van der Waals surface area contributed by atoms with Crippen LogP contribution in [-0.2, 0) is 31.6 Å². The second-order valence-corrected chi connectivity index (χ2v) is 9.02. The molecule has 2 aromatic rings. The third kappa shape index (κ3) is 6.63. The van der Waals surface area contributed by atoms with Gasteiger partial charge in [0.1, 0.15) is 5.69 Å². The van der Waals surface area contributed by atoms with Gasteiger partial charge in [0.25, 0.3) is 5.56 Å². The number of anilines is 1. The van der Waals surface area contributed by atoms with Gasteiger partial charge in [-0.15, -0.1) is 0 Å².